The molecule has 0 heterocycles. The second-order valence-electron chi connectivity index (χ2n) is 5.35. The average Bonchev–Trinajstić information content (AvgIpc) is 2.33. The molecule has 3 heteroatoms. The van der Waals surface area contributed by atoms with Crippen molar-refractivity contribution >= 4 is 0 Å². The second-order valence-corrected chi connectivity index (χ2v) is 5.35. The van der Waals surface area contributed by atoms with Crippen molar-refractivity contribution in [3.63, 3.8) is 0 Å². The Hall–Kier alpha value is -0.930. The molecule has 0 bridgehead atoms. The minimum absolute atomic E-state index is 0.0302. The number of hydrogen-bond donors (Lipinski definition) is 1. The Morgan fingerprint density at radius 3 is 2.44 bits per heavy atom. The van der Waals surface area contributed by atoms with Crippen LogP contribution in [0.3, 0.4) is 0 Å². The summed E-state index contributed by atoms with van der Waals surface area (Å²) in [4.78, 5) is 2.16. The van der Waals surface area contributed by atoms with Crippen molar-refractivity contribution in [2.45, 2.75) is 38.8 Å². The lowest BCUT2D eigenvalue weighted by atomic mass is 9.83. The zero-order valence-corrected chi connectivity index (χ0v) is 12.3. The summed E-state index contributed by atoms with van der Waals surface area (Å²) in [6.45, 7) is 6.29. The molecule has 2 unspecified atom stereocenters. The van der Waals surface area contributed by atoms with Crippen molar-refractivity contribution in [3.05, 3.63) is 35.1 Å². The normalized spacial score (nSPS) is 16.7. The van der Waals surface area contributed by atoms with Crippen molar-refractivity contribution < 1.29 is 4.39 Å². The summed E-state index contributed by atoms with van der Waals surface area (Å²) in [6, 6.07) is 5.27. The lowest BCUT2D eigenvalue weighted by Gasteiger charge is -2.43. The van der Waals surface area contributed by atoms with Gasteiger partial charge in [0.1, 0.15) is 5.82 Å². The number of rotatable bonds is 5. The van der Waals surface area contributed by atoms with Crippen molar-refractivity contribution in [1.29, 1.82) is 0 Å². The van der Waals surface area contributed by atoms with E-state index in [-0.39, 0.29) is 17.4 Å². The van der Waals surface area contributed by atoms with E-state index in [1.54, 1.807) is 6.07 Å². The monoisotopic (exact) mass is 252 g/mol. The third-order valence-electron chi connectivity index (χ3n) is 4.11. The first-order valence-electron chi connectivity index (χ1n) is 6.47. The summed E-state index contributed by atoms with van der Waals surface area (Å²) < 4.78 is 14.1. The van der Waals surface area contributed by atoms with Gasteiger partial charge in [-0.05, 0) is 47.5 Å². The number of aryl methyl sites for hydroxylation is 1. The van der Waals surface area contributed by atoms with E-state index < -0.39 is 0 Å². The van der Waals surface area contributed by atoms with Crippen LogP contribution < -0.4 is 5.32 Å². The Bertz CT molecular complexity index is 403. The highest BCUT2D eigenvalue weighted by Gasteiger charge is 2.36. The predicted molar refractivity (Wildman–Crippen MR) is 75.3 cm³/mol. The first-order valence-corrected chi connectivity index (χ1v) is 6.47. The topological polar surface area (TPSA) is 15.3 Å². The SMILES string of the molecule is CCC(C)(C(NC)c1cc(C)ccc1F)N(C)C. The highest BCUT2D eigenvalue weighted by molar-refractivity contribution is 5.29. The number of hydrogen-bond acceptors (Lipinski definition) is 2. The maximum absolute atomic E-state index is 14.1. The Balaban J connectivity index is 3.28. The molecular weight excluding hydrogens is 227 g/mol. The smallest absolute Gasteiger partial charge is 0.128 e. The third kappa shape index (κ3) is 2.73. The molecule has 102 valence electrons. The molecule has 1 aromatic carbocycles. The molecule has 0 aromatic heterocycles. The molecule has 18 heavy (non-hydrogen) atoms. The van der Waals surface area contributed by atoms with Gasteiger partial charge in [0, 0.05) is 11.1 Å². The summed E-state index contributed by atoms with van der Waals surface area (Å²) in [5, 5.41) is 3.28. The molecule has 0 radical (unpaired) electrons. The van der Waals surface area contributed by atoms with E-state index in [4.69, 9.17) is 0 Å². The minimum atomic E-state index is -0.138. The molecule has 1 rings (SSSR count). The van der Waals surface area contributed by atoms with Crippen LogP contribution in [0.15, 0.2) is 18.2 Å². The van der Waals surface area contributed by atoms with Gasteiger partial charge in [0.25, 0.3) is 0 Å². The molecule has 0 aliphatic rings. The first-order chi connectivity index (χ1) is 8.36. The van der Waals surface area contributed by atoms with E-state index in [1.807, 2.05) is 40.2 Å². The van der Waals surface area contributed by atoms with Crippen LogP contribution in [0.2, 0.25) is 0 Å². The minimum Gasteiger partial charge on any atom is -0.311 e. The standard InChI is InChI=1S/C15H25FN2/c1-7-15(3,18(5)6)14(17-4)12-10-11(2)8-9-13(12)16/h8-10,14,17H,7H2,1-6H3. The maximum atomic E-state index is 14.1. The fraction of sp³-hybridized carbons (Fsp3) is 0.600. The Morgan fingerprint density at radius 2 is 2.00 bits per heavy atom. The molecule has 0 aliphatic heterocycles. The van der Waals surface area contributed by atoms with Gasteiger partial charge in [0.2, 0.25) is 0 Å². The summed E-state index contributed by atoms with van der Waals surface area (Å²) in [7, 11) is 5.98. The fourth-order valence-electron chi connectivity index (χ4n) is 2.46. The molecule has 0 spiro atoms. The Kier molecular flexibility index (Phi) is 4.88. The Morgan fingerprint density at radius 1 is 1.39 bits per heavy atom. The lowest BCUT2D eigenvalue weighted by molar-refractivity contribution is 0.115. The third-order valence-corrected chi connectivity index (χ3v) is 4.11. The summed E-state index contributed by atoms with van der Waals surface area (Å²) in [5.74, 6) is -0.138. The second kappa shape index (κ2) is 5.81. The predicted octanol–water partition coefficient (Wildman–Crippen LogP) is 3.12. The van der Waals surface area contributed by atoms with Crippen LogP contribution in [-0.4, -0.2) is 31.6 Å². The van der Waals surface area contributed by atoms with Crippen LogP contribution in [0.25, 0.3) is 0 Å². The van der Waals surface area contributed by atoms with Crippen molar-refractivity contribution in [2.75, 3.05) is 21.1 Å². The number of nitrogens with zero attached hydrogens (tertiary/aromatic N) is 1. The van der Waals surface area contributed by atoms with Crippen LogP contribution in [0.1, 0.15) is 37.4 Å². The van der Waals surface area contributed by atoms with Crippen molar-refractivity contribution in [1.82, 2.24) is 10.2 Å². The van der Waals surface area contributed by atoms with Gasteiger partial charge in [0.05, 0.1) is 6.04 Å². The van der Waals surface area contributed by atoms with Gasteiger partial charge in [-0.25, -0.2) is 4.39 Å². The quantitative estimate of drug-likeness (QED) is 0.866. The number of halogens is 1. The molecule has 1 N–H and O–H groups in total. The molecule has 0 aliphatic carbocycles. The van der Waals surface area contributed by atoms with Gasteiger partial charge in [-0.15, -0.1) is 0 Å². The van der Waals surface area contributed by atoms with Gasteiger partial charge in [-0.1, -0.05) is 24.6 Å². The average molecular weight is 252 g/mol. The van der Waals surface area contributed by atoms with E-state index in [1.165, 1.54) is 0 Å². The summed E-state index contributed by atoms with van der Waals surface area (Å²) in [6.07, 6.45) is 0.943. The van der Waals surface area contributed by atoms with E-state index >= 15 is 0 Å². The van der Waals surface area contributed by atoms with Crippen LogP contribution in [0.5, 0.6) is 0 Å². The number of benzene rings is 1. The lowest BCUT2D eigenvalue weighted by Crippen LogP contribution is -2.50. The zero-order valence-electron chi connectivity index (χ0n) is 12.3. The number of likely N-dealkylation sites (N-methyl/N-ethyl adjacent to an activating group) is 2. The van der Waals surface area contributed by atoms with Gasteiger partial charge in [0.15, 0.2) is 0 Å². The molecule has 2 atom stereocenters. The molecule has 0 saturated carbocycles. The van der Waals surface area contributed by atoms with E-state index in [0.29, 0.717) is 0 Å². The first kappa shape index (κ1) is 15.1. The summed E-state index contributed by atoms with van der Waals surface area (Å²) in [5.41, 5.74) is 1.71. The van der Waals surface area contributed by atoms with Crippen LogP contribution in [0.4, 0.5) is 4.39 Å². The largest absolute Gasteiger partial charge is 0.311 e. The van der Waals surface area contributed by atoms with Crippen molar-refractivity contribution in [3.8, 4) is 0 Å². The van der Waals surface area contributed by atoms with Gasteiger partial charge >= 0.3 is 0 Å². The highest BCUT2D eigenvalue weighted by atomic mass is 19.1. The van der Waals surface area contributed by atoms with Gasteiger partial charge in [-0.3, -0.25) is 0 Å². The molecule has 0 saturated heterocycles. The fourth-order valence-corrected chi connectivity index (χ4v) is 2.46. The van der Waals surface area contributed by atoms with Crippen molar-refractivity contribution in [2.24, 2.45) is 0 Å². The van der Waals surface area contributed by atoms with Crippen LogP contribution in [-0.2, 0) is 0 Å². The Labute approximate surface area is 110 Å². The van der Waals surface area contributed by atoms with Gasteiger partial charge < -0.3 is 10.2 Å². The van der Waals surface area contributed by atoms with E-state index in [2.05, 4.69) is 24.1 Å². The van der Waals surface area contributed by atoms with Crippen LogP contribution >= 0.6 is 0 Å². The van der Waals surface area contributed by atoms with Gasteiger partial charge in [-0.2, -0.15) is 0 Å². The number of nitrogens with one attached hydrogen (secondary N) is 1. The highest BCUT2D eigenvalue weighted by Crippen LogP contribution is 2.34. The zero-order chi connectivity index (χ0) is 13.9. The van der Waals surface area contributed by atoms with Crippen LogP contribution in [0, 0.1) is 12.7 Å². The summed E-state index contributed by atoms with van der Waals surface area (Å²) >= 11 is 0. The molecule has 2 nitrogen and oxygen atoms in total. The molecule has 0 amide bonds. The molecular formula is C15H25FN2. The maximum Gasteiger partial charge on any atom is 0.128 e. The van der Waals surface area contributed by atoms with E-state index in [0.717, 1.165) is 17.5 Å². The molecule has 0 fully saturated rings. The van der Waals surface area contributed by atoms with E-state index in [9.17, 15) is 4.39 Å². The molecule has 1 aromatic rings.